The molecular weight excluding hydrogens is 194 g/mol. The van der Waals surface area contributed by atoms with Gasteiger partial charge in [-0.05, 0) is 30.3 Å². The highest BCUT2D eigenvalue weighted by atomic mass is 16.5. The summed E-state index contributed by atoms with van der Waals surface area (Å²) in [5.74, 6) is 0.740. The minimum atomic E-state index is 0.177. The largest absolute Gasteiger partial charge is 0.494 e. The van der Waals surface area contributed by atoms with E-state index in [-0.39, 0.29) is 5.55 Å². The van der Waals surface area contributed by atoms with Crippen LogP contribution in [0.5, 0.6) is 5.75 Å². The fourth-order valence-electron chi connectivity index (χ4n) is 1.36. The quantitative estimate of drug-likeness (QED) is 0.603. The first kappa shape index (κ1) is 9.58. The second-order valence-electron chi connectivity index (χ2n) is 3.01. The first-order valence-corrected chi connectivity index (χ1v) is 4.68. The molecule has 1 N–H and O–H groups in total. The number of fused-ring (bicyclic) bond motifs is 1. The minimum Gasteiger partial charge on any atom is -0.494 e. The molecule has 2 rings (SSSR count). The summed E-state index contributed by atoms with van der Waals surface area (Å²) in [4.78, 5) is 0. The van der Waals surface area contributed by atoms with Gasteiger partial charge in [0.05, 0.1) is 6.61 Å². The number of benzene rings is 1. The van der Waals surface area contributed by atoms with E-state index >= 15 is 0 Å². The summed E-state index contributed by atoms with van der Waals surface area (Å²) < 4.78 is 10.6. The van der Waals surface area contributed by atoms with E-state index in [0.29, 0.717) is 12.2 Å². The number of hydrogen-bond donors (Lipinski definition) is 1. The van der Waals surface area contributed by atoms with Gasteiger partial charge in [-0.25, -0.2) is 0 Å². The Kier molecular flexibility index (Phi) is 2.58. The zero-order valence-electron chi connectivity index (χ0n) is 8.30. The van der Waals surface area contributed by atoms with E-state index in [1.807, 2.05) is 25.1 Å². The van der Waals surface area contributed by atoms with Crippen LogP contribution in [0, 0.1) is 0 Å². The molecule has 4 nitrogen and oxygen atoms in total. The molecule has 2 aromatic rings. The van der Waals surface area contributed by atoms with Gasteiger partial charge in [0.1, 0.15) is 11.3 Å². The number of rotatable bonds is 2. The van der Waals surface area contributed by atoms with Gasteiger partial charge in [0.25, 0.3) is 5.55 Å². The molecule has 4 heteroatoms. The third-order valence-corrected chi connectivity index (χ3v) is 2.01. The summed E-state index contributed by atoms with van der Waals surface area (Å²) in [6, 6.07) is 8.96. The minimum absolute atomic E-state index is 0.177. The third-order valence-electron chi connectivity index (χ3n) is 2.01. The maximum atomic E-state index is 8.57. The molecule has 0 atom stereocenters. The predicted octanol–water partition coefficient (Wildman–Crippen LogP) is 2.12. The van der Waals surface area contributed by atoms with Crippen LogP contribution in [0.2, 0.25) is 0 Å². The molecular formula is C11H11NO3. The van der Waals surface area contributed by atoms with E-state index in [4.69, 9.17) is 14.4 Å². The van der Waals surface area contributed by atoms with E-state index < -0.39 is 0 Å². The van der Waals surface area contributed by atoms with Crippen LogP contribution in [0.4, 0.5) is 0 Å². The van der Waals surface area contributed by atoms with Gasteiger partial charge in [-0.2, -0.15) is 0 Å². The Morgan fingerprint density at radius 3 is 2.87 bits per heavy atom. The smallest absolute Gasteiger partial charge is 0.255 e. The molecule has 0 radical (unpaired) electrons. The summed E-state index contributed by atoms with van der Waals surface area (Å²) in [7, 11) is 0. The topological polar surface area (TPSA) is 55.0 Å². The first-order chi connectivity index (χ1) is 7.33. The molecule has 0 saturated carbocycles. The van der Waals surface area contributed by atoms with Crippen molar-refractivity contribution in [1.82, 2.24) is 0 Å². The van der Waals surface area contributed by atoms with Crippen LogP contribution >= 0.6 is 0 Å². The second-order valence-corrected chi connectivity index (χ2v) is 3.01. The van der Waals surface area contributed by atoms with Crippen molar-refractivity contribution in [3.8, 4) is 5.75 Å². The van der Waals surface area contributed by atoms with E-state index in [9.17, 15) is 0 Å². The zero-order chi connectivity index (χ0) is 10.7. The van der Waals surface area contributed by atoms with Gasteiger partial charge < -0.3 is 14.4 Å². The number of hydrogen-bond acceptors (Lipinski definition) is 4. The van der Waals surface area contributed by atoms with Gasteiger partial charge in [-0.1, -0.05) is 0 Å². The van der Waals surface area contributed by atoms with E-state index in [0.717, 1.165) is 11.1 Å². The fraction of sp³-hybridized carbons (Fsp3) is 0.182. The van der Waals surface area contributed by atoms with Crippen molar-refractivity contribution in [3.05, 3.63) is 35.9 Å². The van der Waals surface area contributed by atoms with E-state index in [2.05, 4.69) is 5.16 Å². The molecule has 1 aromatic carbocycles. The van der Waals surface area contributed by atoms with Gasteiger partial charge in [0.2, 0.25) is 0 Å². The first-order valence-electron chi connectivity index (χ1n) is 4.68. The lowest BCUT2D eigenvalue weighted by Gasteiger charge is -2.03. The Morgan fingerprint density at radius 2 is 2.13 bits per heavy atom. The van der Waals surface area contributed by atoms with Crippen molar-refractivity contribution < 1.29 is 14.4 Å². The van der Waals surface area contributed by atoms with Crippen molar-refractivity contribution in [2.75, 3.05) is 6.61 Å². The lowest BCUT2D eigenvalue weighted by molar-refractivity contribution is 0.276. The Hall–Kier alpha value is -1.97. The SMILES string of the molecule is CCOc1ccc2cc/c(=N\O)oc2c1. The maximum Gasteiger partial charge on any atom is 0.255 e. The van der Waals surface area contributed by atoms with Crippen molar-refractivity contribution in [3.63, 3.8) is 0 Å². The van der Waals surface area contributed by atoms with Gasteiger partial charge in [-0.15, -0.1) is 0 Å². The molecule has 0 aliphatic carbocycles. The molecule has 0 saturated heterocycles. The Bertz CT molecular complexity index is 531. The Morgan fingerprint density at radius 1 is 1.33 bits per heavy atom. The Balaban J connectivity index is 2.58. The lowest BCUT2D eigenvalue weighted by Crippen LogP contribution is -1.98. The van der Waals surface area contributed by atoms with Gasteiger partial charge in [0, 0.05) is 17.5 Å². The average Bonchev–Trinajstić information content (AvgIpc) is 2.28. The van der Waals surface area contributed by atoms with E-state index in [1.165, 1.54) is 0 Å². The molecule has 0 bridgehead atoms. The summed E-state index contributed by atoms with van der Waals surface area (Å²) in [5, 5.41) is 12.5. The normalized spacial score (nSPS) is 11.9. The predicted molar refractivity (Wildman–Crippen MR) is 54.7 cm³/mol. The van der Waals surface area contributed by atoms with Gasteiger partial charge in [-0.3, -0.25) is 0 Å². The number of nitrogens with zero attached hydrogens (tertiary/aromatic N) is 1. The van der Waals surface area contributed by atoms with E-state index in [1.54, 1.807) is 12.1 Å². The monoisotopic (exact) mass is 205 g/mol. The molecule has 15 heavy (non-hydrogen) atoms. The van der Waals surface area contributed by atoms with Crippen molar-refractivity contribution >= 4 is 11.0 Å². The molecule has 0 spiro atoms. The zero-order valence-corrected chi connectivity index (χ0v) is 8.30. The third kappa shape index (κ3) is 1.93. The molecule has 0 amide bonds. The second kappa shape index (κ2) is 4.04. The summed E-state index contributed by atoms with van der Waals surface area (Å²) in [6.07, 6.45) is 0. The van der Waals surface area contributed by atoms with Crippen molar-refractivity contribution in [2.24, 2.45) is 5.16 Å². The van der Waals surface area contributed by atoms with Crippen LogP contribution in [-0.4, -0.2) is 11.8 Å². The highest BCUT2D eigenvalue weighted by Crippen LogP contribution is 2.19. The lowest BCUT2D eigenvalue weighted by atomic mass is 10.2. The highest BCUT2D eigenvalue weighted by Gasteiger charge is 1.98. The maximum absolute atomic E-state index is 8.57. The standard InChI is InChI=1S/C11H11NO3/c1-2-14-9-5-3-8-4-6-11(12-13)15-10(8)7-9/h3-7,13H,2H2,1H3/b12-11+. The molecule has 1 heterocycles. The van der Waals surface area contributed by atoms with Crippen molar-refractivity contribution in [1.29, 1.82) is 0 Å². The molecule has 1 aromatic heterocycles. The highest BCUT2D eigenvalue weighted by molar-refractivity contribution is 5.77. The number of ether oxygens (including phenoxy) is 1. The summed E-state index contributed by atoms with van der Waals surface area (Å²) >= 11 is 0. The van der Waals surface area contributed by atoms with Crippen LogP contribution in [0.3, 0.4) is 0 Å². The van der Waals surface area contributed by atoms with Crippen LogP contribution < -0.4 is 10.3 Å². The summed E-state index contributed by atoms with van der Waals surface area (Å²) in [6.45, 7) is 2.52. The van der Waals surface area contributed by atoms with Crippen LogP contribution in [0.15, 0.2) is 39.9 Å². The summed E-state index contributed by atoms with van der Waals surface area (Å²) in [5.41, 5.74) is 0.812. The molecule has 0 aliphatic rings. The van der Waals surface area contributed by atoms with Crippen LogP contribution in [0.25, 0.3) is 11.0 Å². The molecule has 0 aliphatic heterocycles. The molecule has 78 valence electrons. The Labute approximate surface area is 86.4 Å². The van der Waals surface area contributed by atoms with Crippen LogP contribution in [0.1, 0.15) is 6.92 Å². The van der Waals surface area contributed by atoms with Gasteiger partial charge in [0.15, 0.2) is 0 Å². The van der Waals surface area contributed by atoms with Crippen LogP contribution in [-0.2, 0) is 0 Å². The van der Waals surface area contributed by atoms with Crippen molar-refractivity contribution in [2.45, 2.75) is 6.92 Å². The average molecular weight is 205 g/mol. The fourth-order valence-corrected chi connectivity index (χ4v) is 1.36. The van der Waals surface area contributed by atoms with Gasteiger partial charge >= 0.3 is 0 Å². The molecule has 0 unspecified atom stereocenters. The molecule has 0 fully saturated rings.